The Morgan fingerprint density at radius 2 is 1.68 bits per heavy atom. The minimum absolute atomic E-state index is 0.121. The average Bonchev–Trinajstić information content (AvgIpc) is 2.81. The van der Waals surface area contributed by atoms with Crippen molar-refractivity contribution in [2.45, 2.75) is 39.2 Å². The van der Waals surface area contributed by atoms with Gasteiger partial charge in [-0.15, -0.1) is 0 Å². The van der Waals surface area contributed by atoms with E-state index in [1.807, 2.05) is 36.4 Å². The molecule has 182 valence electrons. The van der Waals surface area contributed by atoms with E-state index in [1.54, 1.807) is 43.9 Å². The zero-order valence-electron chi connectivity index (χ0n) is 20.0. The van der Waals surface area contributed by atoms with Gasteiger partial charge in [-0.05, 0) is 63.9 Å². The van der Waals surface area contributed by atoms with Crippen LogP contribution in [0.15, 0.2) is 54.6 Å². The molecule has 8 nitrogen and oxygen atoms in total. The summed E-state index contributed by atoms with van der Waals surface area (Å²) in [4.78, 5) is 39.1. The third-order valence-corrected chi connectivity index (χ3v) is 5.23. The number of likely N-dealkylation sites (tertiary alicyclic amines) is 1. The Hall–Kier alpha value is -3.55. The van der Waals surface area contributed by atoms with Crippen LogP contribution in [0.5, 0.6) is 11.5 Å². The number of ether oxygens (including phenoxy) is 2. The monoisotopic (exact) mass is 467 g/mol. The van der Waals surface area contributed by atoms with Gasteiger partial charge in [-0.1, -0.05) is 24.3 Å². The van der Waals surface area contributed by atoms with Gasteiger partial charge in [0.1, 0.15) is 17.1 Å². The Morgan fingerprint density at radius 1 is 0.971 bits per heavy atom. The van der Waals surface area contributed by atoms with E-state index < -0.39 is 11.7 Å². The number of carbonyl (C=O) groups excluding carboxylic acids is 3. The van der Waals surface area contributed by atoms with Crippen LogP contribution >= 0.6 is 0 Å². The number of benzene rings is 2. The van der Waals surface area contributed by atoms with Gasteiger partial charge in [-0.3, -0.25) is 9.59 Å². The third-order valence-electron chi connectivity index (χ3n) is 5.23. The maximum Gasteiger partial charge on any atom is 0.407 e. The van der Waals surface area contributed by atoms with Crippen LogP contribution in [0.25, 0.3) is 0 Å². The molecule has 0 saturated carbocycles. The minimum Gasteiger partial charge on any atom is -0.457 e. The van der Waals surface area contributed by atoms with Crippen LogP contribution in [0.3, 0.4) is 0 Å². The Labute approximate surface area is 200 Å². The summed E-state index contributed by atoms with van der Waals surface area (Å²) in [6, 6.07) is 16.5. The summed E-state index contributed by atoms with van der Waals surface area (Å²) in [6.07, 6.45) is 0.946. The first kappa shape index (κ1) is 25.1. The average molecular weight is 468 g/mol. The second-order valence-corrected chi connectivity index (χ2v) is 9.25. The van der Waals surface area contributed by atoms with Gasteiger partial charge in [0, 0.05) is 31.7 Å². The second-order valence-electron chi connectivity index (χ2n) is 9.25. The van der Waals surface area contributed by atoms with E-state index in [2.05, 4.69) is 10.6 Å². The molecule has 3 rings (SSSR count). The molecule has 0 radical (unpaired) electrons. The first-order valence-corrected chi connectivity index (χ1v) is 11.6. The molecule has 1 heterocycles. The number of rotatable bonds is 7. The number of alkyl carbamates (subject to hydrolysis) is 1. The molecule has 1 aliphatic heterocycles. The Morgan fingerprint density at radius 3 is 2.41 bits per heavy atom. The lowest BCUT2D eigenvalue weighted by molar-refractivity contribution is -0.126. The highest BCUT2D eigenvalue weighted by Gasteiger charge is 2.29. The fraction of sp³-hybridized carbons (Fsp3) is 0.423. The van der Waals surface area contributed by atoms with Crippen molar-refractivity contribution >= 4 is 17.9 Å². The number of hydrogen-bond donors (Lipinski definition) is 2. The van der Waals surface area contributed by atoms with Gasteiger partial charge in [0.05, 0.1) is 5.92 Å². The largest absolute Gasteiger partial charge is 0.457 e. The molecule has 2 aromatic rings. The highest BCUT2D eigenvalue weighted by molar-refractivity contribution is 5.95. The van der Waals surface area contributed by atoms with Gasteiger partial charge in [-0.25, -0.2) is 4.79 Å². The summed E-state index contributed by atoms with van der Waals surface area (Å²) >= 11 is 0. The first-order valence-electron chi connectivity index (χ1n) is 11.6. The smallest absolute Gasteiger partial charge is 0.407 e. The highest BCUT2D eigenvalue weighted by atomic mass is 16.6. The summed E-state index contributed by atoms with van der Waals surface area (Å²) in [7, 11) is 0. The number of amides is 3. The highest BCUT2D eigenvalue weighted by Crippen LogP contribution is 2.24. The van der Waals surface area contributed by atoms with Crippen molar-refractivity contribution in [1.82, 2.24) is 15.5 Å². The van der Waals surface area contributed by atoms with Gasteiger partial charge in [0.2, 0.25) is 5.91 Å². The van der Waals surface area contributed by atoms with Crippen molar-refractivity contribution in [2.24, 2.45) is 5.92 Å². The summed E-state index contributed by atoms with van der Waals surface area (Å²) in [5.74, 6) is 0.749. The summed E-state index contributed by atoms with van der Waals surface area (Å²) in [6.45, 7) is 6.89. The third kappa shape index (κ3) is 7.79. The quantitative estimate of drug-likeness (QED) is 0.601. The normalized spacial score (nSPS) is 15.9. The van der Waals surface area contributed by atoms with Gasteiger partial charge < -0.3 is 25.0 Å². The zero-order valence-corrected chi connectivity index (χ0v) is 20.0. The molecule has 2 aromatic carbocycles. The van der Waals surface area contributed by atoms with Crippen molar-refractivity contribution in [1.29, 1.82) is 0 Å². The molecular weight excluding hydrogens is 434 g/mol. The molecule has 8 heteroatoms. The van der Waals surface area contributed by atoms with Crippen LogP contribution in [0, 0.1) is 5.92 Å². The lowest BCUT2D eigenvalue weighted by atomic mass is 9.96. The molecule has 34 heavy (non-hydrogen) atoms. The standard InChI is InChI=1S/C26H33N3O5/c1-26(2,3)34-25(32)28-15-14-27-23(30)20-10-8-16-29(18-20)24(31)19-9-7-13-22(17-19)33-21-11-5-4-6-12-21/h4-7,9,11-13,17,20H,8,10,14-16,18H2,1-3H3,(H,27,30)(H,28,32). The fourth-order valence-electron chi connectivity index (χ4n) is 3.68. The number of hydrogen-bond acceptors (Lipinski definition) is 5. The molecule has 0 spiro atoms. The van der Waals surface area contributed by atoms with Crippen LogP contribution in [0.1, 0.15) is 44.0 Å². The predicted octanol–water partition coefficient (Wildman–Crippen LogP) is 3.97. The molecule has 0 aliphatic carbocycles. The number of carbonyl (C=O) groups is 3. The van der Waals surface area contributed by atoms with Crippen LogP contribution in [-0.2, 0) is 9.53 Å². The van der Waals surface area contributed by atoms with Crippen LogP contribution in [0.4, 0.5) is 4.79 Å². The topological polar surface area (TPSA) is 97.0 Å². The van der Waals surface area contributed by atoms with E-state index in [0.29, 0.717) is 43.1 Å². The molecule has 2 N–H and O–H groups in total. The number of para-hydroxylation sites is 1. The lowest BCUT2D eigenvalue weighted by Crippen LogP contribution is -2.46. The molecule has 1 saturated heterocycles. The first-order chi connectivity index (χ1) is 16.2. The lowest BCUT2D eigenvalue weighted by Gasteiger charge is -2.32. The molecule has 0 aromatic heterocycles. The van der Waals surface area contributed by atoms with E-state index in [1.165, 1.54) is 0 Å². The second kappa shape index (κ2) is 11.5. The van der Waals surface area contributed by atoms with Crippen LogP contribution in [0.2, 0.25) is 0 Å². The Bertz CT molecular complexity index is 987. The van der Waals surface area contributed by atoms with E-state index in [9.17, 15) is 14.4 Å². The molecular formula is C26H33N3O5. The van der Waals surface area contributed by atoms with E-state index in [0.717, 1.165) is 6.42 Å². The van der Waals surface area contributed by atoms with Crippen LogP contribution < -0.4 is 15.4 Å². The van der Waals surface area contributed by atoms with E-state index >= 15 is 0 Å². The number of piperidine rings is 1. The Kier molecular flexibility index (Phi) is 8.51. The molecule has 3 amide bonds. The van der Waals surface area contributed by atoms with Crippen LogP contribution in [-0.4, -0.2) is 54.6 Å². The number of nitrogens with zero attached hydrogens (tertiary/aromatic N) is 1. The van der Waals surface area contributed by atoms with E-state index in [4.69, 9.17) is 9.47 Å². The number of nitrogens with one attached hydrogen (secondary N) is 2. The van der Waals surface area contributed by atoms with Crippen molar-refractivity contribution in [3.05, 3.63) is 60.2 Å². The summed E-state index contributed by atoms with van der Waals surface area (Å²) in [5, 5.41) is 5.46. The van der Waals surface area contributed by atoms with Gasteiger partial charge in [0.15, 0.2) is 0 Å². The van der Waals surface area contributed by atoms with Crippen molar-refractivity contribution in [3.8, 4) is 11.5 Å². The summed E-state index contributed by atoms with van der Waals surface area (Å²) in [5.41, 5.74) is -0.0467. The van der Waals surface area contributed by atoms with Crippen molar-refractivity contribution in [2.75, 3.05) is 26.2 Å². The van der Waals surface area contributed by atoms with E-state index in [-0.39, 0.29) is 24.3 Å². The maximum atomic E-state index is 13.1. The maximum absolute atomic E-state index is 13.1. The SMILES string of the molecule is CC(C)(C)OC(=O)NCCNC(=O)C1CCCN(C(=O)c2cccc(Oc3ccccc3)c2)C1. The summed E-state index contributed by atoms with van der Waals surface area (Å²) < 4.78 is 11.0. The predicted molar refractivity (Wildman–Crippen MR) is 129 cm³/mol. The molecule has 1 fully saturated rings. The van der Waals surface area contributed by atoms with Gasteiger partial charge in [0.25, 0.3) is 5.91 Å². The molecule has 0 bridgehead atoms. The van der Waals surface area contributed by atoms with Crippen molar-refractivity contribution in [3.63, 3.8) is 0 Å². The minimum atomic E-state index is -0.571. The Balaban J connectivity index is 1.49. The van der Waals surface area contributed by atoms with Gasteiger partial charge >= 0.3 is 6.09 Å². The molecule has 1 aliphatic rings. The van der Waals surface area contributed by atoms with Gasteiger partial charge in [-0.2, -0.15) is 0 Å². The van der Waals surface area contributed by atoms with Crippen molar-refractivity contribution < 1.29 is 23.9 Å². The fourth-order valence-corrected chi connectivity index (χ4v) is 3.68. The molecule has 1 unspecified atom stereocenters. The molecule has 1 atom stereocenters. The zero-order chi connectivity index (χ0) is 24.6.